The van der Waals surface area contributed by atoms with Gasteiger partial charge in [-0.1, -0.05) is 108 Å². The Bertz CT molecular complexity index is 3860. The highest BCUT2D eigenvalue weighted by Gasteiger charge is 2.36. The quantitative estimate of drug-likeness (QED) is 0.0735. The summed E-state index contributed by atoms with van der Waals surface area (Å²) in [5, 5.41) is 5.51. The molecule has 4 aliphatic rings. The molecule has 0 saturated carbocycles. The first-order valence-electron chi connectivity index (χ1n) is 22.7. The first-order chi connectivity index (χ1) is 34.4. The van der Waals surface area contributed by atoms with Crippen molar-refractivity contribution in [1.82, 2.24) is 0 Å². The second-order valence-corrected chi connectivity index (χ2v) is 19.9. The molecule has 0 bridgehead atoms. The smallest absolute Gasteiger partial charge is 0.346 e. The molecule has 0 unspecified atom stereocenters. The molecule has 0 saturated heterocycles. The van der Waals surface area contributed by atoms with Gasteiger partial charge >= 0.3 is 23.9 Å². The van der Waals surface area contributed by atoms with Crippen LogP contribution in [-0.2, 0) is 9.47 Å². The molecule has 328 valence electrons. The number of esters is 4. The summed E-state index contributed by atoms with van der Waals surface area (Å²) in [7, 11) is 0. The van der Waals surface area contributed by atoms with Crippen molar-refractivity contribution in [3.8, 4) is 22.3 Å². The molecule has 0 atom stereocenters. The molecule has 15 rings (SSSR count). The highest BCUT2D eigenvalue weighted by molar-refractivity contribution is 8.00. The van der Waals surface area contributed by atoms with Crippen LogP contribution in [0.25, 0.3) is 65.3 Å². The van der Waals surface area contributed by atoms with Crippen LogP contribution >= 0.6 is 23.5 Å². The third-order valence-corrected chi connectivity index (χ3v) is 16.4. The third-order valence-electron chi connectivity index (χ3n) is 14.1. The van der Waals surface area contributed by atoms with E-state index >= 15 is 0 Å². The van der Waals surface area contributed by atoms with Crippen LogP contribution in [0.3, 0.4) is 0 Å². The SMILES string of the molecule is O=C1OC(=O)c2cc(-c3ccc(N4c5ccccc5Sc5ccccc54)cc3)c3c4ccc5c6c(cc(-c7ccc(N8c9ccccc9Sc9ccccc98)cc7)c(c7ccc1c2c73)c64)C(=O)OC5=O. The van der Waals surface area contributed by atoms with E-state index in [1.165, 1.54) is 0 Å². The summed E-state index contributed by atoms with van der Waals surface area (Å²) in [6.07, 6.45) is 0. The summed E-state index contributed by atoms with van der Waals surface area (Å²) in [5.74, 6) is -2.88. The molecule has 0 aromatic heterocycles. The molecule has 4 aliphatic heterocycles. The Morgan fingerprint density at radius 3 is 0.986 bits per heavy atom. The molecule has 0 radical (unpaired) electrons. The Balaban J connectivity index is 0.990. The van der Waals surface area contributed by atoms with E-state index < -0.39 is 23.9 Å². The van der Waals surface area contributed by atoms with Crippen molar-refractivity contribution in [2.75, 3.05) is 9.80 Å². The average Bonchev–Trinajstić information content (AvgIpc) is 3.39. The molecular formula is C60H30N2O6S2. The number of carbonyl (C=O) groups excluding carboxylic acids is 4. The molecule has 0 N–H and O–H groups in total. The largest absolute Gasteiger partial charge is 0.386 e. The van der Waals surface area contributed by atoms with Gasteiger partial charge in [0.05, 0.1) is 45.0 Å². The number of para-hydroxylation sites is 4. The lowest BCUT2D eigenvalue weighted by molar-refractivity contribution is 0.0373. The van der Waals surface area contributed by atoms with Gasteiger partial charge in [-0.15, -0.1) is 0 Å². The standard InChI is InChI=1S/C60H30N2O6S2/c63-57-37-28-26-36-52-40(32-19-23-34(24-20-32)62-45-11-3-7-15-49(45)70-50-16-8-4-12-46(50)62)30-42-54-38(58(64)68-60(42)66)27-25-35(56(52)54)51-39(29-41(59(65)67-57)53(37)55(36)51)31-17-21-33(22-18-31)61-43-9-1-5-13-47(43)69-48-14-6-2-10-44(48)61/h1-30H. The molecule has 0 fully saturated rings. The lowest BCUT2D eigenvalue weighted by atomic mass is 9.79. The Morgan fingerprint density at radius 2 is 0.629 bits per heavy atom. The summed E-state index contributed by atoms with van der Waals surface area (Å²) in [5.41, 5.74) is 10.4. The lowest BCUT2D eigenvalue weighted by Crippen LogP contribution is -2.21. The van der Waals surface area contributed by atoms with Gasteiger partial charge in [-0.05, 0) is 152 Å². The Morgan fingerprint density at radius 1 is 0.300 bits per heavy atom. The summed E-state index contributed by atoms with van der Waals surface area (Å²) >= 11 is 3.49. The molecule has 8 nitrogen and oxygen atoms in total. The summed E-state index contributed by atoms with van der Waals surface area (Å²) in [6, 6.07) is 60.9. The number of hydrogen-bond donors (Lipinski definition) is 0. The Hall–Kier alpha value is -8.70. The van der Waals surface area contributed by atoms with Crippen molar-refractivity contribution in [3.05, 3.63) is 204 Å². The van der Waals surface area contributed by atoms with Crippen LogP contribution in [0.4, 0.5) is 34.1 Å². The number of hydrogen-bond acceptors (Lipinski definition) is 10. The Labute approximate surface area is 407 Å². The fourth-order valence-corrected chi connectivity index (χ4v) is 13.3. The minimum Gasteiger partial charge on any atom is -0.386 e. The van der Waals surface area contributed by atoms with Crippen LogP contribution in [0.1, 0.15) is 41.4 Å². The van der Waals surface area contributed by atoms with E-state index in [1.807, 2.05) is 48.5 Å². The van der Waals surface area contributed by atoms with Gasteiger partial charge in [0.2, 0.25) is 0 Å². The van der Waals surface area contributed by atoms with Crippen LogP contribution in [-0.4, -0.2) is 23.9 Å². The van der Waals surface area contributed by atoms with Crippen molar-refractivity contribution in [2.45, 2.75) is 19.6 Å². The van der Waals surface area contributed by atoms with Gasteiger partial charge < -0.3 is 19.3 Å². The van der Waals surface area contributed by atoms with E-state index in [4.69, 9.17) is 9.47 Å². The number of cyclic esters (lactones) is 4. The summed E-state index contributed by atoms with van der Waals surface area (Å²) in [6.45, 7) is 0. The van der Waals surface area contributed by atoms with Crippen LogP contribution in [0.2, 0.25) is 0 Å². The highest BCUT2D eigenvalue weighted by atomic mass is 32.2. The van der Waals surface area contributed by atoms with Crippen LogP contribution in [0.15, 0.2) is 202 Å². The van der Waals surface area contributed by atoms with Gasteiger partial charge in [0.1, 0.15) is 0 Å². The number of benzene rings is 11. The predicted octanol–water partition coefficient (Wildman–Crippen LogP) is 15.6. The minimum absolute atomic E-state index is 0.282. The molecule has 11 aromatic carbocycles. The normalized spacial score (nSPS) is 14.5. The highest BCUT2D eigenvalue weighted by Crippen LogP contribution is 2.55. The van der Waals surface area contributed by atoms with Crippen molar-refractivity contribution in [1.29, 1.82) is 0 Å². The summed E-state index contributed by atoms with van der Waals surface area (Å²) < 4.78 is 10.8. The Kier molecular flexibility index (Phi) is 8.09. The van der Waals surface area contributed by atoms with E-state index in [2.05, 4.69) is 131 Å². The molecule has 70 heavy (non-hydrogen) atoms. The minimum atomic E-state index is -0.724. The zero-order chi connectivity index (χ0) is 46.5. The predicted molar refractivity (Wildman–Crippen MR) is 276 cm³/mol. The zero-order valence-corrected chi connectivity index (χ0v) is 38.1. The topological polar surface area (TPSA) is 93.2 Å². The van der Waals surface area contributed by atoms with E-state index in [0.29, 0.717) is 21.5 Å². The van der Waals surface area contributed by atoms with Crippen LogP contribution in [0, 0.1) is 0 Å². The van der Waals surface area contributed by atoms with Gasteiger partial charge in [-0.25, -0.2) is 19.2 Å². The van der Waals surface area contributed by atoms with Gasteiger partial charge in [-0.3, -0.25) is 0 Å². The van der Waals surface area contributed by atoms with Crippen molar-refractivity contribution in [2.24, 2.45) is 0 Å². The number of nitrogens with zero attached hydrogens (tertiary/aromatic N) is 2. The molecular weight excluding hydrogens is 909 g/mol. The maximum atomic E-state index is 14.0. The molecule has 0 amide bonds. The number of fused-ring (bicyclic) bond motifs is 6. The second-order valence-electron chi connectivity index (χ2n) is 17.7. The van der Waals surface area contributed by atoms with Crippen molar-refractivity contribution >= 4 is 125 Å². The van der Waals surface area contributed by atoms with Crippen LogP contribution in [0.5, 0.6) is 0 Å². The fourth-order valence-electron chi connectivity index (χ4n) is 11.2. The number of anilines is 6. The van der Waals surface area contributed by atoms with E-state index in [1.54, 1.807) is 35.7 Å². The monoisotopic (exact) mass is 938 g/mol. The second kappa shape index (κ2) is 14.4. The lowest BCUT2D eigenvalue weighted by Gasteiger charge is -2.33. The van der Waals surface area contributed by atoms with E-state index in [0.717, 1.165) is 97.5 Å². The van der Waals surface area contributed by atoms with Gasteiger partial charge in [0.25, 0.3) is 0 Å². The molecule has 4 heterocycles. The third kappa shape index (κ3) is 5.39. The average molecular weight is 939 g/mol. The molecule has 11 aromatic rings. The first kappa shape index (κ1) is 39.3. The number of ether oxygens (including phenoxy) is 2. The molecule has 0 aliphatic carbocycles. The maximum Gasteiger partial charge on any atom is 0.346 e. The van der Waals surface area contributed by atoms with Gasteiger partial charge in [0, 0.05) is 41.7 Å². The van der Waals surface area contributed by atoms with Gasteiger partial charge in [-0.2, -0.15) is 0 Å². The zero-order valence-electron chi connectivity index (χ0n) is 36.5. The fraction of sp³-hybridized carbons (Fsp3) is 0. The van der Waals surface area contributed by atoms with Crippen LogP contribution < -0.4 is 9.80 Å². The van der Waals surface area contributed by atoms with Gasteiger partial charge in [0.15, 0.2) is 0 Å². The molecule has 0 spiro atoms. The molecule has 10 heteroatoms. The number of rotatable bonds is 4. The van der Waals surface area contributed by atoms with Crippen molar-refractivity contribution in [3.63, 3.8) is 0 Å². The van der Waals surface area contributed by atoms with E-state index in [9.17, 15) is 19.2 Å². The van der Waals surface area contributed by atoms with E-state index in [-0.39, 0.29) is 22.3 Å². The maximum absolute atomic E-state index is 14.0. The first-order valence-corrected chi connectivity index (χ1v) is 24.4. The van der Waals surface area contributed by atoms with Crippen molar-refractivity contribution < 1.29 is 28.7 Å². The summed E-state index contributed by atoms with van der Waals surface area (Å²) in [4.78, 5) is 64.4. The number of carbonyl (C=O) groups is 4.